The maximum Gasteiger partial charge on any atom is 0.433 e. The SMILES string of the molecule is COc1cc(NC(=O)N2CCCNc3ccc(-c4cccc(C(F)(F)F)n4)nc32)ncn1. The van der Waals surface area contributed by atoms with Crippen molar-refractivity contribution in [2.75, 3.05) is 35.7 Å². The second-order valence-corrected chi connectivity index (χ2v) is 6.78. The van der Waals surface area contributed by atoms with Gasteiger partial charge in [0.2, 0.25) is 5.88 Å². The number of nitrogens with one attached hydrogen (secondary N) is 2. The van der Waals surface area contributed by atoms with Gasteiger partial charge in [0, 0.05) is 19.2 Å². The number of alkyl halides is 3. The van der Waals surface area contributed by atoms with Crippen LogP contribution in [0.15, 0.2) is 42.7 Å². The molecular weight excluding hydrogens is 427 g/mol. The average molecular weight is 445 g/mol. The van der Waals surface area contributed by atoms with Crippen LogP contribution >= 0.6 is 0 Å². The Labute approximate surface area is 180 Å². The fraction of sp³-hybridized carbons (Fsp3) is 0.250. The number of ether oxygens (including phenoxy) is 1. The van der Waals surface area contributed by atoms with Crippen LogP contribution in [0.25, 0.3) is 11.4 Å². The molecule has 9 nitrogen and oxygen atoms in total. The number of hydrogen-bond acceptors (Lipinski definition) is 7. The normalized spacial score (nSPS) is 13.6. The third-order valence-corrected chi connectivity index (χ3v) is 4.64. The quantitative estimate of drug-likeness (QED) is 0.632. The second kappa shape index (κ2) is 8.65. The van der Waals surface area contributed by atoms with Crippen molar-refractivity contribution in [3.05, 3.63) is 48.4 Å². The smallest absolute Gasteiger partial charge is 0.433 e. The van der Waals surface area contributed by atoms with Crippen molar-refractivity contribution in [3.63, 3.8) is 0 Å². The first-order valence-corrected chi connectivity index (χ1v) is 9.59. The zero-order valence-electron chi connectivity index (χ0n) is 16.8. The van der Waals surface area contributed by atoms with Crippen LogP contribution in [0.4, 0.5) is 35.3 Å². The molecule has 1 aliphatic heterocycles. The zero-order valence-corrected chi connectivity index (χ0v) is 16.8. The van der Waals surface area contributed by atoms with Crippen molar-refractivity contribution in [3.8, 4) is 17.3 Å². The van der Waals surface area contributed by atoms with E-state index < -0.39 is 17.9 Å². The number of anilines is 3. The van der Waals surface area contributed by atoms with E-state index in [2.05, 4.69) is 30.6 Å². The molecule has 0 bridgehead atoms. The molecular formula is C20H18F3N7O2. The van der Waals surface area contributed by atoms with E-state index in [1.54, 1.807) is 12.1 Å². The zero-order chi connectivity index (χ0) is 22.7. The molecule has 32 heavy (non-hydrogen) atoms. The van der Waals surface area contributed by atoms with Crippen LogP contribution in [0.1, 0.15) is 12.1 Å². The molecule has 0 saturated carbocycles. The molecule has 12 heteroatoms. The number of urea groups is 1. The number of rotatable bonds is 3. The summed E-state index contributed by atoms with van der Waals surface area (Å²) in [6.45, 7) is 0.932. The molecule has 4 rings (SSSR count). The minimum Gasteiger partial charge on any atom is -0.481 e. The number of fused-ring (bicyclic) bond motifs is 1. The number of methoxy groups -OCH3 is 1. The third-order valence-electron chi connectivity index (χ3n) is 4.64. The van der Waals surface area contributed by atoms with Crippen molar-refractivity contribution in [1.82, 2.24) is 19.9 Å². The van der Waals surface area contributed by atoms with E-state index in [1.165, 1.54) is 36.5 Å². The minimum atomic E-state index is -4.58. The topological polar surface area (TPSA) is 105 Å². The van der Waals surface area contributed by atoms with Gasteiger partial charge < -0.3 is 10.1 Å². The van der Waals surface area contributed by atoms with Crippen LogP contribution in [-0.4, -0.2) is 46.2 Å². The van der Waals surface area contributed by atoms with Gasteiger partial charge in [-0.05, 0) is 30.7 Å². The number of pyridine rings is 2. The lowest BCUT2D eigenvalue weighted by Crippen LogP contribution is -2.36. The van der Waals surface area contributed by atoms with Crippen molar-refractivity contribution in [2.45, 2.75) is 12.6 Å². The van der Waals surface area contributed by atoms with Gasteiger partial charge in [0.15, 0.2) is 5.82 Å². The number of nitrogens with zero attached hydrogens (tertiary/aromatic N) is 5. The molecule has 2 N–H and O–H groups in total. The highest BCUT2D eigenvalue weighted by molar-refractivity contribution is 6.02. The van der Waals surface area contributed by atoms with E-state index in [4.69, 9.17) is 4.74 Å². The highest BCUT2D eigenvalue weighted by Crippen LogP contribution is 2.32. The van der Waals surface area contributed by atoms with Crippen molar-refractivity contribution < 1.29 is 22.7 Å². The molecule has 2 amide bonds. The van der Waals surface area contributed by atoms with E-state index in [-0.39, 0.29) is 28.9 Å². The van der Waals surface area contributed by atoms with Crippen LogP contribution in [0, 0.1) is 0 Å². The third kappa shape index (κ3) is 4.53. The molecule has 0 aromatic carbocycles. The van der Waals surface area contributed by atoms with Crippen LogP contribution in [0.2, 0.25) is 0 Å². The molecule has 3 aromatic heterocycles. The van der Waals surface area contributed by atoms with Gasteiger partial charge in [-0.3, -0.25) is 10.2 Å². The Hall–Kier alpha value is -3.96. The maximum absolute atomic E-state index is 13.1. The first kappa shape index (κ1) is 21.3. The van der Waals surface area contributed by atoms with Gasteiger partial charge in [0.05, 0.1) is 24.2 Å². The molecule has 3 aromatic rings. The van der Waals surface area contributed by atoms with Gasteiger partial charge in [0.1, 0.15) is 17.8 Å². The molecule has 0 spiro atoms. The van der Waals surface area contributed by atoms with Gasteiger partial charge in [-0.15, -0.1) is 0 Å². The van der Waals surface area contributed by atoms with E-state index in [0.29, 0.717) is 25.2 Å². The number of hydrogen-bond donors (Lipinski definition) is 2. The summed E-state index contributed by atoms with van der Waals surface area (Å²) in [5.41, 5.74) is -0.182. The highest BCUT2D eigenvalue weighted by atomic mass is 19.4. The highest BCUT2D eigenvalue weighted by Gasteiger charge is 2.32. The Bertz CT molecular complexity index is 1140. The first-order valence-electron chi connectivity index (χ1n) is 9.59. The summed E-state index contributed by atoms with van der Waals surface area (Å²) in [6.07, 6.45) is -2.69. The largest absolute Gasteiger partial charge is 0.481 e. The minimum absolute atomic E-state index is 0.0489. The van der Waals surface area contributed by atoms with Crippen LogP contribution < -0.4 is 20.3 Å². The molecule has 166 valence electrons. The number of halogens is 3. The standard InChI is InChI=1S/C20H18F3N7O2/c1-32-17-10-16(25-11-26-17)29-19(31)30-9-3-8-24-14-7-6-13(28-18(14)30)12-4-2-5-15(27-12)20(21,22)23/h2,4-7,10-11,24H,3,8-9H2,1H3,(H,25,26,29,31). The van der Waals surface area contributed by atoms with E-state index in [9.17, 15) is 18.0 Å². The molecule has 0 fully saturated rings. The van der Waals surface area contributed by atoms with E-state index in [0.717, 1.165) is 6.07 Å². The van der Waals surface area contributed by atoms with Crippen LogP contribution in [0.3, 0.4) is 0 Å². The predicted octanol–water partition coefficient (Wildman–Crippen LogP) is 3.82. The molecule has 0 radical (unpaired) electrons. The molecule has 0 atom stereocenters. The van der Waals surface area contributed by atoms with Crippen molar-refractivity contribution in [1.29, 1.82) is 0 Å². The van der Waals surface area contributed by atoms with Crippen molar-refractivity contribution in [2.24, 2.45) is 0 Å². The van der Waals surface area contributed by atoms with Gasteiger partial charge in [-0.2, -0.15) is 13.2 Å². The summed E-state index contributed by atoms with van der Waals surface area (Å²) in [5.74, 6) is 0.790. The fourth-order valence-corrected chi connectivity index (χ4v) is 3.13. The van der Waals surface area contributed by atoms with Gasteiger partial charge in [0.25, 0.3) is 0 Å². The van der Waals surface area contributed by atoms with Crippen molar-refractivity contribution >= 4 is 23.4 Å². The summed E-state index contributed by atoms with van der Waals surface area (Å²) in [5, 5.41) is 5.84. The monoisotopic (exact) mass is 445 g/mol. The van der Waals surface area contributed by atoms with Gasteiger partial charge in [-0.25, -0.2) is 24.7 Å². The maximum atomic E-state index is 13.1. The predicted molar refractivity (Wildman–Crippen MR) is 111 cm³/mol. The lowest BCUT2D eigenvalue weighted by molar-refractivity contribution is -0.141. The molecule has 0 unspecified atom stereocenters. The number of amides is 2. The van der Waals surface area contributed by atoms with Crippen LogP contribution in [-0.2, 0) is 6.18 Å². The molecule has 0 aliphatic carbocycles. The summed E-state index contributed by atoms with van der Waals surface area (Å²) < 4.78 is 44.2. The number of carbonyl (C=O) groups is 1. The Morgan fingerprint density at radius 3 is 2.75 bits per heavy atom. The lowest BCUT2D eigenvalue weighted by atomic mass is 10.2. The molecule has 4 heterocycles. The van der Waals surface area contributed by atoms with E-state index >= 15 is 0 Å². The Balaban J connectivity index is 1.67. The Kier molecular flexibility index (Phi) is 5.75. The Morgan fingerprint density at radius 1 is 1.16 bits per heavy atom. The van der Waals surface area contributed by atoms with Gasteiger partial charge >= 0.3 is 12.2 Å². The number of aromatic nitrogens is 4. The lowest BCUT2D eigenvalue weighted by Gasteiger charge is -2.22. The molecule has 1 aliphatic rings. The molecule has 0 saturated heterocycles. The summed E-state index contributed by atoms with van der Waals surface area (Å²) in [6, 6.07) is 7.78. The van der Waals surface area contributed by atoms with Gasteiger partial charge in [-0.1, -0.05) is 6.07 Å². The average Bonchev–Trinajstić information content (AvgIpc) is 3.01. The fourth-order valence-electron chi connectivity index (χ4n) is 3.13. The second-order valence-electron chi connectivity index (χ2n) is 6.78. The summed E-state index contributed by atoms with van der Waals surface area (Å²) in [7, 11) is 1.44. The number of carbonyl (C=O) groups excluding carboxylic acids is 1. The summed E-state index contributed by atoms with van der Waals surface area (Å²) >= 11 is 0. The summed E-state index contributed by atoms with van der Waals surface area (Å²) in [4.78, 5) is 30.4. The Morgan fingerprint density at radius 2 is 1.97 bits per heavy atom. The first-order chi connectivity index (χ1) is 15.3. The van der Waals surface area contributed by atoms with Crippen LogP contribution in [0.5, 0.6) is 5.88 Å². The van der Waals surface area contributed by atoms with E-state index in [1.807, 2.05) is 0 Å².